The van der Waals surface area contributed by atoms with Crippen LogP contribution in [0.5, 0.6) is 11.5 Å². The molecule has 0 saturated carbocycles. The maximum absolute atomic E-state index is 11.9. The van der Waals surface area contributed by atoms with E-state index in [1.807, 2.05) is 6.07 Å². The molecule has 0 aromatic heterocycles. The Morgan fingerprint density at radius 3 is 2.73 bits per heavy atom. The highest BCUT2D eigenvalue weighted by molar-refractivity contribution is 5.92. The number of carbonyl (C=O) groups is 1. The SMILES string of the molecule is CCN1CC[C@@]2(c3ccc(OC)c(OC)c3)C=CC(=O)CC12. The van der Waals surface area contributed by atoms with Gasteiger partial charge in [0.1, 0.15) is 0 Å². The first kappa shape index (κ1) is 15.1. The van der Waals surface area contributed by atoms with E-state index in [1.54, 1.807) is 20.3 Å². The summed E-state index contributed by atoms with van der Waals surface area (Å²) in [7, 11) is 3.30. The van der Waals surface area contributed by atoms with Crippen molar-refractivity contribution in [2.24, 2.45) is 0 Å². The fourth-order valence-electron chi connectivity index (χ4n) is 3.92. The van der Waals surface area contributed by atoms with Crippen LogP contribution in [0.15, 0.2) is 30.4 Å². The molecule has 0 amide bonds. The largest absolute Gasteiger partial charge is 0.493 e. The predicted molar refractivity (Wildman–Crippen MR) is 85.6 cm³/mol. The van der Waals surface area contributed by atoms with Crippen molar-refractivity contribution in [3.05, 3.63) is 35.9 Å². The Morgan fingerprint density at radius 1 is 1.27 bits per heavy atom. The number of nitrogens with zero attached hydrogens (tertiary/aromatic N) is 1. The van der Waals surface area contributed by atoms with Gasteiger partial charge in [-0.3, -0.25) is 9.69 Å². The summed E-state index contributed by atoms with van der Waals surface area (Å²) in [6.07, 6.45) is 5.50. The summed E-state index contributed by atoms with van der Waals surface area (Å²) in [5.74, 6) is 1.70. The van der Waals surface area contributed by atoms with Gasteiger partial charge in [-0.05, 0) is 43.3 Å². The van der Waals surface area contributed by atoms with E-state index in [0.29, 0.717) is 6.42 Å². The van der Waals surface area contributed by atoms with Gasteiger partial charge in [0, 0.05) is 17.9 Å². The number of methoxy groups -OCH3 is 2. The first-order chi connectivity index (χ1) is 10.6. The smallest absolute Gasteiger partial charge is 0.161 e. The van der Waals surface area contributed by atoms with Crippen LogP contribution in [0, 0.1) is 0 Å². The highest BCUT2D eigenvalue weighted by atomic mass is 16.5. The van der Waals surface area contributed by atoms with Crippen molar-refractivity contribution in [1.82, 2.24) is 4.90 Å². The van der Waals surface area contributed by atoms with Crippen LogP contribution in [0.1, 0.15) is 25.3 Å². The lowest BCUT2D eigenvalue weighted by atomic mass is 9.69. The van der Waals surface area contributed by atoms with Gasteiger partial charge in [0.2, 0.25) is 0 Å². The average Bonchev–Trinajstić information content (AvgIpc) is 2.93. The van der Waals surface area contributed by atoms with Gasteiger partial charge >= 0.3 is 0 Å². The van der Waals surface area contributed by atoms with E-state index in [1.165, 1.54) is 5.56 Å². The Labute approximate surface area is 131 Å². The van der Waals surface area contributed by atoms with E-state index in [2.05, 4.69) is 30.0 Å². The summed E-state index contributed by atoms with van der Waals surface area (Å²) in [6, 6.07) is 6.37. The van der Waals surface area contributed by atoms with E-state index in [9.17, 15) is 4.79 Å². The van der Waals surface area contributed by atoms with E-state index in [4.69, 9.17) is 9.47 Å². The second-order valence-corrected chi connectivity index (χ2v) is 6.01. The van der Waals surface area contributed by atoms with Crippen molar-refractivity contribution < 1.29 is 14.3 Å². The maximum Gasteiger partial charge on any atom is 0.161 e. The molecule has 1 aromatic rings. The Balaban J connectivity index is 2.08. The third-order valence-corrected chi connectivity index (χ3v) is 5.14. The topological polar surface area (TPSA) is 38.8 Å². The quantitative estimate of drug-likeness (QED) is 0.857. The summed E-state index contributed by atoms with van der Waals surface area (Å²) >= 11 is 0. The van der Waals surface area contributed by atoms with Crippen LogP contribution in [-0.2, 0) is 10.2 Å². The zero-order chi connectivity index (χ0) is 15.7. The van der Waals surface area contributed by atoms with Crippen LogP contribution in [0.2, 0.25) is 0 Å². The molecule has 1 unspecified atom stereocenters. The lowest BCUT2D eigenvalue weighted by Crippen LogP contribution is -2.44. The van der Waals surface area contributed by atoms with Gasteiger partial charge in [0.15, 0.2) is 17.3 Å². The Hall–Kier alpha value is -1.81. The van der Waals surface area contributed by atoms with Crippen molar-refractivity contribution in [2.45, 2.75) is 31.2 Å². The first-order valence-electron chi connectivity index (χ1n) is 7.83. The standard InChI is InChI=1S/C18H23NO3/c1-4-19-10-9-18(8-7-14(20)12-17(18)19)13-5-6-15(21-2)16(11-13)22-3/h5-8,11,17H,4,9-10,12H2,1-3H3/t17?,18-/m1/s1. The van der Waals surface area contributed by atoms with Gasteiger partial charge in [-0.2, -0.15) is 0 Å². The molecule has 2 atom stereocenters. The average molecular weight is 301 g/mol. The molecule has 0 radical (unpaired) electrons. The van der Waals surface area contributed by atoms with Crippen molar-refractivity contribution in [3.8, 4) is 11.5 Å². The summed E-state index contributed by atoms with van der Waals surface area (Å²) in [5.41, 5.74) is 1.11. The predicted octanol–water partition coefficient (Wildman–Crippen LogP) is 2.56. The van der Waals surface area contributed by atoms with Gasteiger partial charge in [-0.1, -0.05) is 19.1 Å². The van der Waals surface area contributed by atoms with Crippen LogP contribution in [-0.4, -0.2) is 44.0 Å². The number of hydrogen-bond acceptors (Lipinski definition) is 4. The fraction of sp³-hybridized carbons (Fsp3) is 0.500. The van der Waals surface area contributed by atoms with Gasteiger partial charge in [0.25, 0.3) is 0 Å². The fourth-order valence-corrected chi connectivity index (χ4v) is 3.92. The first-order valence-corrected chi connectivity index (χ1v) is 7.83. The molecule has 118 valence electrons. The molecule has 4 nitrogen and oxygen atoms in total. The minimum absolute atomic E-state index is 0.0938. The molecular weight excluding hydrogens is 278 g/mol. The number of rotatable bonds is 4. The van der Waals surface area contributed by atoms with Crippen molar-refractivity contribution >= 4 is 5.78 Å². The molecule has 4 heteroatoms. The highest BCUT2D eigenvalue weighted by Gasteiger charge is 2.48. The molecule has 1 aromatic carbocycles. The molecule has 1 saturated heterocycles. The van der Waals surface area contributed by atoms with Gasteiger partial charge < -0.3 is 9.47 Å². The number of ketones is 1. The monoisotopic (exact) mass is 301 g/mol. The molecule has 0 N–H and O–H groups in total. The minimum Gasteiger partial charge on any atom is -0.493 e. The third-order valence-electron chi connectivity index (χ3n) is 5.14. The zero-order valence-corrected chi connectivity index (χ0v) is 13.5. The van der Waals surface area contributed by atoms with Crippen LogP contribution in [0.25, 0.3) is 0 Å². The normalized spacial score (nSPS) is 27.8. The second kappa shape index (κ2) is 5.76. The van der Waals surface area contributed by atoms with Crippen molar-refractivity contribution in [3.63, 3.8) is 0 Å². The summed E-state index contributed by atoms with van der Waals surface area (Å²) in [4.78, 5) is 14.3. The van der Waals surface area contributed by atoms with E-state index in [-0.39, 0.29) is 17.2 Å². The van der Waals surface area contributed by atoms with Crippen molar-refractivity contribution in [2.75, 3.05) is 27.3 Å². The van der Waals surface area contributed by atoms with Gasteiger partial charge in [0.05, 0.1) is 14.2 Å². The molecule has 0 spiro atoms. The van der Waals surface area contributed by atoms with Gasteiger partial charge in [-0.15, -0.1) is 0 Å². The number of carbonyl (C=O) groups excluding carboxylic acids is 1. The van der Waals surface area contributed by atoms with Crippen molar-refractivity contribution in [1.29, 1.82) is 0 Å². The van der Waals surface area contributed by atoms with E-state index in [0.717, 1.165) is 31.0 Å². The number of benzene rings is 1. The second-order valence-electron chi connectivity index (χ2n) is 6.01. The number of fused-ring (bicyclic) bond motifs is 1. The molecule has 2 aliphatic rings. The molecular formula is C18H23NO3. The Kier molecular flexibility index (Phi) is 3.96. The highest BCUT2D eigenvalue weighted by Crippen LogP contribution is 2.46. The molecule has 3 rings (SSSR count). The Morgan fingerprint density at radius 2 is 2.05 bits per heavy atom. The molecule has 1 heterocycles. The molecule has 1 fully saturated rings. The summed E-state index contributed by atoms with van der Waals surface area (Å²) in [5, 5.41) is 0. The summed E-state index contributed by atoms with van der Waals surface area (Å²) in [6.45, 7) is 4.15. The number of ether oxygens (including phenoxy) is 2. The maximum atomic E-state index is 11.9. The molecule has 22 heavy (non-hydrogen) atoms. The van der Waals surface area contributed by atoms with Crippen LogP contribution >= 0.6 is 0 Å². The lowest BCUT2D eigenvalue weighted by Gasteiger charge is -2.38. The Bertz CT molecular complexity index is 610. The van der Waals surface area contributed by atoms with Crippen LogP contribution in [0.4, 0.5) is 0 Å². The molecule has 1 aliphatic heterocycles. The number of allylic oxidation sites excluding steroid dienone is 1. The van der Waals surface area contributed by atoms with Gasteiger partial charge in [-0.25, -0.2) is 0 Å². The number of likely N-dealkylation sites (tertiary alicyclic amines) is 1. The van der Waals surface area contributed by atoms with Crippen LogP contribution < -0.4 is 9.47 Å². The van der Waals surface area contributed by atoms with E-state index >= 15 is 0 Å². The summed E-state index contributed by atoms with van der Waals surface area (Å²) < 4.78 is 10.8. The molecule has 0 bridgehead atoms. The number of likely N-dealkylation sites (N-methyl/N-ethyl adjacent to an activating group) is 1. The number of hydrogen-bond donors (Lipinski definition) is 0. The zero-order valence-electron chi connectivity index (χ0n) is 13.5. The third kappa shape index (κ3) is 2.22. The van der Waals surface area contributed by atoms with Crippen LogP contribution in [0.3, 0.4) is 0 Å². The van der Waals surface area contributed by atoms with E-state index < -0.39 is 0 Å². The molecule has 1 aliphatic carbocycles. The lowest BCUT2D eigenvalue weighted by molar-refractivity contribution is -0.116. The minimum atomic E-state index is -0.0938.